The van der Waals surface area contributed by atoms with Gasteiger partial charge in [0.2, 0.25) is 5.91 Å². The maximum Gasteiger partial charge on any atom is 0.433 e. The fourth-order valence-electron chi connectivity index (χ4n) is 1.99. The Morgan fingerprint density at radius 3 is 2.78 bits per heavy atom. The molecule has 124 valence electrons. The lowest BCUT2D eigenvalue weighted by molar-refractivity contribution is -0.141. The van der Waals surface area contributed by atoms with Gasteiger partial charge in [0.05, 0.1) is 11.7 Å². The summed E-state index contributed by atoms with van der Waals surface area (Å²) in [7, 11) is 0. The molecule has 0 aromatic carbocycles. The van der Waals surface area contributed by atoms with Crippen molar-refractivity contribution in [1.29, 1.82) is 0 Å². The number of carbonyl (C=O) groups is 1. The third-order valence-corrected chi connectivity index (χ3v) is 3.22. The molecular weight excluding hydrogens is 311 g/mol. The number of hydrogen-bond donors (Lipinski definition) is 1. The number of rotatable bonds is 5. The van der Waals surface area contributed by atoms with Crippen LogP contribution in [0.15, 0.2) is 24.5 Å². The Kier molecular flexibility index (Phi) is 5.09. The molecule has 0 bridgehead atoms. The minimum Gasteiger partial charge on any atom is -0.302 e. The first kappa shape index (κ1) is 17.1. The van der Waals surface area contributed by atoms with E-state index in [4.69, 9.17) is 0 Å². The molecule has 2 heterocycles. The minimum atomic E-state index is -4.48. The van der Waals surface area contributed by atoms with Crippen LogP contribution in [0.5, 0.6) is 0 Å². The summed E-state index contributed by atoms with van der Waals surface area (Å²) in [4.78, 5) is 15.3. The van der Waals surface area contributed by atoms with E-state index in [0.29, 0.717) is 12.2 Å². The van der Waals surface area contributed by atoms with Crippen molar-refractivity contribution in [3.8, 4) is 0 Å². The third-order valence-electron chi connectivity index (χ3n) is 3.22. The van der Waals surface area contributed by atoms with Gasteiger partial charge in [-0.2, -0.15) is 13.2 Å². The standard InChI is InChI=1S/C14H16F3N5O/c1-3-12(23)22-8-19-21-13(22)9(2)18-7-10-5-4-6-11(20-10)14(15,16)17/h4-6,8-9,18H,3,7H2,1-2H3. The molecular formula is C14H16F3N5O. The molecule has 2 aromatic rings. The zero-order valence-corrected chi connectivity index (χ0v) is 12.6. The summed E-state index contributed by atoms with van der Waals surface area (Å²) >= 11 is 0. The average molecular weight is 327 g/mol. The van der Waals surface area contributed by atoms with Gasteiger partial charge in [-0.05, 0) is 19.1 Å². The van der Waals surface area contributed by atoms with E-state index in [1.54, 1.807) is 13.8 Å². The molecule has 0 aliphatic rings. The number of alkyl halides is 3. The molecule has 2 rings (SSSR count). The highest BCUT2D eigenvalue weighted by Gasteiger charge is 2.32. The molecule has 1 unspecified atom stereocenters. The SMILES string of the molecule is CCC(=O)n1cnnc1C(C)NCc1cccc(C(F)(F)F)n1. The quantitative estimate of drug-likeness (QED) is 0.914. The normalized spacial score (nSPS) is 13.1. The molecule has 0 saturated carbocycles. The molecule has 0 spiro atoms. The molecule has 2 aromatic heterocycles. The van der Waals surface area contributed by atoms with Crippen molar-refractivity contribution in [1.82, 2.24) is 25.1 Å². The lowest BCUT2D eigenvalue weighted by atomic mass is 10.2. The average Bonchev–Trinajstić information content (AvgIpc) is 3.01. The summed E-state index contributed by atoms with van der Waals surface area (Å²) in [5.74, 6) is 0.250. The number of nitrogens with zero attached hydrogens (tertiary/aromatic N) is 4. The predicted octanol–water partition coefficient (Wildman–Crippen LogP) is 2.59. The lowest BCUT2D eigenvalue weighted by Crippen LogP contribution is -2.24. The first-order valence-corrected chi connectivity index (χ1v) is 7.02. The fourth-order valence-corrected chi connectivity index (χ4v) is 1.99. The van der Waals surface area contributed by atoms with Crippen molar-refractivity contribution in [2.75, 3.05) is 0 Å². The van der Waals surface area contributed by atoms with E-state index in [1.807, 2.05) is 0 Å². The smallest absolute Gasteiger partial charge is 0.302 e. The molecule has 0 amide bonds. The largest absolute Gasteiger partial charge is 0.433 e. The highest BCUT2D eigenvalue weighted by Crippen LogP contribution is 2.27. The highest BCUT2D eigenvalue weighted by atomic mass is 19.4. The Labute approximate surface area is 130 Å². The monoisotopic (exact) mass is 327 g/mol. The molecule has 0 saturated heterocycles. The van der Waals surface area contributed by atoms with Crippen molar-refractivity contribution < 1.29 is 18.0 Å². The van der Waals surface area contributed by atoms with Gasteiger partial charge in [-0.1, -0.05) is 13.0 Å². The second kappa shape index (κ2) is 6.86. The van der Waals surface area contributed by atoms with E-state index < -0.39 is 11.9 Å². The molecule has 1 N–H and O–H groups in total. The second-order valence-electron chi connectivity index (χ2n) is 4.92. The fraction of sp³-hybridized carbons (Fsp3) is 0.429. The van der Waals surface area contributed by atoms with E-state index in [9.17, 15) is 18.0 Å². The van der Waals surface area contributed by atoms with Gasteiger partial charge in [0.15, 0.2) is 5.82 Å². The molecule has 9 heteroatoms. The minimum absolute atomic E-state index is 0.109. The number of hydrogen-bond acceptors (Lipinski definition) is 5. The van der Waals surface area contributed by atoms with Gasteiger partial charge in [-0.15, -0.1) is 10.2 Å². The Balaban J connectivity index is 2.07. The Hall–Kier alpha value is -2.29. The number of pyridine rings is 1. The van der Waals surface area contributed by atoms with Crippen LogP contribution in [0.1, 0.15) is 48.3 Å². The van der Waals surface area contributed by atoms with Gasteiger partial charge in [-0.25, -0.2) is 4.98 Å². The molecule has 0 aliphatic heterocycles. The van der Waals surface area contributed by atoms with Crippen LogP contribution >= 0.6 is 0 Å². The van der Waals surface area contributed by atoms with Gasteiger partial charge < -0.3 is 5.32 Å². The third kappa shape index (κ3) is 4.13. The van der Waals surface area contributed by atoms with Gasteiger partial charge in [0.25, 0.3) is 0 Å². The van der Waals surface area contributed by atoms with E-state index in [2.05, 4.69) is 20.5 Å². The topological polar surface area (TPSA) is 72.7 Å². The summed E-state index contributed by atoms with van der Waals surface area (Å²) in [5, 5.41) is 10.6. The van der Waals surface area contributed by atoms with Gasteiger partial charge >= 0.3 is 6.18 Å². The van der Waals surface area contributed by atoms with E-state index in [0.717, 1.165) is 6.07 Å². The highest BCUT2D eigenvalue weighted by molar-refractivity contribution is 5.78. The van der Waals surface area contributed by atoms with E-state index in [-0.39, 0.29) is 24.2 Å². The van der Waals surface area contributed by atoms with Crippen molar-refractivity contribution in [3.63, 3.8) is 0 Å². The molecule has 6 nitrogen and oxygen atoms in total. The number of carbonyl (C=O) groups excluding carboxylic acids is 1. The van der Waals surface area contributed by atoms with Crippen LogP contribution in [0.2, 0.25) is 0 Å². The van der Waals surface area contributed by atoms with Crippen LogP contribution in [-0.2, 0) is 12.7 Å². The van der Waals surface area contributed by atoms with E-state index >= 15 is 0 Å². The number of aromatic nitrogens is 4. The molecule has 1 atom stereocenters. The van der Waals surface area contributed by atoms with Gasteiger partial charge in [0, 0.05) is 13.0 Å². The van der Waals surface area contributed by atoms with Crippen LogP contribution < -0.4 is 5.32 Å². The summed E-state index contributed by atoms with van der Waals surface area (Å²) in [6, 6.07) is 3.35. The van der Waals surface area contributed by atoms with Gasteiger partial charge in [-0.3, -0.25) is 9.36 Å². The summed E-state index contributed by atoms with van der Waals surface area (Å²) in [5.41, 5.74) is -0.687. The van der Waals surface area contributed by atoms with Crippen molar-refractivity contribution in [2.45, 2.75) is 39.0 Å². The van der Waals surface area contributed by atoms with Crippen LogP contribution in [-0.4, -0.2) is 25.7 Å². The van der Waals surface area contributed by atoms with Crippen LogP contribution in [0, 0.1) is 0 Å². The van der Waals surface area contributed by atoms with Crippen molar-refractivity contribution >= 4 is 5.91 Å². The Morgan fingerprint density at radius 2 is 2.13 bits per heavy atom. The Morgan fingerprint density at radius 1 is 1.39 bits per heavy atom. The summed E-state index contributed by atoms with van der Waals surface area (Å²) in [6.45, 7) is 3.58. The second-order valence-corrected chi connectivity index (χ2v) is 4.92. The summed E-state index contributed by atoms with van der Waals surface area (Å²) in [6.07, 6.45) is -2.86. The van der Waals surface area contributed by atoms with Crippen LogP contribution in [0.3, 0.4) is 0 Å². The van der Waals surface area contributed by atoms with Crippen molar-refractivity contribution in [2.24, 2.45) is 0 Å². The lowest BCUT2D eigenvalue weighted by Gasteiger charge is -2.14. The number of nitrogens with one attached hydrogen (secondary N) is 1. The van der Waals surface area contributed by atoms with Gasteiger partial charge in [0.1, 0.15) is 12.0 Å². The van der Waals surface area contributed by atoms with Crippen LogP contribution in [0.4, 0.5) is 13.2 Å². The molecule has 0 radical (unpaired) electrons. The first-order valence-electron chi connectivity index (χ1n) is 7.02. The van der Waals surface area contributed by atoms with Crippen LogP contribution in [0.25, 0.3) is 0 Å². The molecule has 0 aliphatic carbocycles. The number of halogens is 3. The zero-order chi connectivity index (χ0) is 17.0. The predicted molar refractivity (Wildman–Crippen MR) is 75.4 cm³/mol. The first-order chi connectivity index (χ1) is 10.8. The Bertz CT molecular complexity index is 683. The molecule has 0 fully saturated rings. The zero-order valence-electron chi connectivity index (χ0n) is 12.6. The maximum atomic E-state index is 12.6. The maximum absolute atomic E-state index is 12.6. The molecule has 23 heavy (non-hydrogen) atoms. The summed E-state index contributed by atoms with van der Waals surface area (Å²) < 4.78 is 39.2. The van der Waals surface area contributed by atoms with Crippen molar-refractivity contribution in [3.05, 3.63) is 41.7 Å². The van der Waals surface area contributed by atoms with E-state index in [1.165, 1.54) is 23.0 Å².